The number of hydrogen-bond donors (Lipinski definition) is 1. The van der Waals surface area contributed by atoms with Gasteiger partial charge in [-0.15, -0.1) is 0 Å². The van der Waals surface area contributed by atoms with Crippen LogP contribution in [0.15, 0.2) is 42.7 Å². The van der Waals surface area contributed by atoms with Gasteiger partial charge in [0.25, 0.3) is 0 Å². The maximum atomic E-state index is 12.8. The summed E-state index contributed by atoms with van der Waals surface area (Å²) in [6.07, 6.45) is 5.32. The minimum atomic E-state index is -0.0637. The van der Waals surface area contributed by atoms with Crippen LogP contribution in [0.2, 0.25) is 0 Å². The number of amides is 1. The smallest absolute Gasteiger partial charge is 0.225 e. The molecule has 138 valence electrons. The van der Waals surface area contributed by atoms with Crippen LogP contribution in [0.4, 0.5) is 5.95 Å². The lowest BCUT2D eigenvalue weighted by molar-refractivity contribution is -0.125. The lowest BCUT2D eigenvalue weighted by Crippen LogP contribution is -2.44. The van der Waals surface area contributed by atoms with Crippen LogP contribution >= 0.6 is 0 Å². The SMILES string of the molecule is CCOc1cccc([C@@H](C)NC(=O)[C@H]2CCCN(c3ncccn3)C2)c1. The van der Waals surface area contributed by atoms with E-state index in [9.17, 15) is 4.79 Å². The number of rotatable bonds is 6. The largest absolute Gasteiger partial charge is 0.494 e. The van der Waals surface area contributed by atoms with E-state index in [0.29, 0.717) is 19.1 Å². The van der Waals surface area contributed by atoms with Crippen molar-refractivity contribution in [3.05, 3.63) is 48.3 Å². The molecule has 1 fully saturated rings. The zero-order valence-electron chi connectivity index (χ0n) is 15.4. The molecule has 2 heterocycles. The normalized spacial score (nSPS) is 18.2. The molecule has 6 heteroatoms. The monoisotopic (exact) mass is 354 g/mol. The molecule has 2 atom stereocenters. The van der Waals surface area contributed by atoms with Crippen LogP contribution in [0.5, 0.6) is 5.75 Å². The zero-order valence-corrected chi connectivity index (χ0v) is 15.4. The summed E-state index contributed by atoms with van der Waals surface area (Å²) in [5, 5.41) is 3.15. The molecule has 0 radical (unpaired) electrons. The van der Waals surface area contributed by atoms with Crippen molar-refractivity contribution in [3.63, 3.8) is 0 Å². The highest BCUT2D eigenvalue weighted by atomic mass is 16.5. The summed E-state index contributed by atoms with van der Waals surface area (Å²) in [7, 11) is 0. The fourth-order valence-electron chi connectivity index (χ4n) is 3.28. The number of anilines is 1. The molecule has 2 aromatic rings. The Morgan fingerprint density at radius 2 is 2.15 bits per heavy atom. The maximum absolute atomic E-state index is 12.8. The van der Waals surface area contributed by atoms with Crippen LogP contribution in [-0.4, -0.2) is 35.6 Å². The first-order chi connectivity index (χ1) is 12.7. The number of hydrogen-bond acceptors (Lipinski definition) is 5. The third-order valence-corrected chi connectivity index (χ3v) is 4.66. The highest BCUT2D eigenvalue weighted by Gasteiger charge is 2.27. The van der Waals surface area contributed by atoms with Crippen LogP contribution in [0.1, 0.15) is 38.3 Å². The fraction of sp³-hybridized carbons (Fsp3) is 0.450. The van der Waals surface area contributed by atoms with Crippen molar-refractivity contribution in [2.75, 3.05) is 24.6 Å². The molecule has 1 aliphatic rings. The zero-order chi connectivity index (χ0) is 18.4. The molecular formula is C20H26N4O2. The minimum absolute atomic E-state index is 0.0509. The number of nitrogens with one attached hydrogen (secondary N) is 1. The lowest BCUT2D eigenvalue weighted by atomic mass is 9.96. The lowest BCUT2D eigenvalue weighted by Gasteiger charge is -2.32. The van der Waals surface area contributed by atoms with Crippen molar-refractivity contribution in [3.8, 4) is 5.75 Å². The van der Waals surface area contributed by atoms with Crippen molar-refractivity contribution in [1.82, 2.24) is 15.3 Å². The second kappa shape index (κ2) is 8.65. The van der Waals surface area contributed by atoms with Crippen LogP contribution in [0, 0.1) is 5.92 Å². The van der Waals surface area contributed by atoms with Crippen molar-refractivity contribution in [1.29, 1.82) is 0 Å². The fourth-order valence-corrected chi connectivity index (χ4v) is 3.28. The first-order valence-corrected chi connectivity index (χ1v) is 9.22. The molecule has 1 amide bonds. The summed E-state index contributed by atoms with van der Waals surface area (Å²) >= 11 is 0. The molecule has 1 saturated heterocycles. The van der Waals surface area contributed by atoms with E-state index in [1.165, 1.54) is 0 Å². The number of carbonyl (C=O) groups is 1. The average molecular weight is 354 g/mol. The van der Waals surface area contributed by atoms with Crippen LogP contribution in [0.25, 0.3) is 0 Å². The third kappa shape index (κ3) is 4.50. The van der Waals surface area contributed by atoms with Crippen LogP contribution in [-0.2, 0) is 4.79 Å². The van der Waals surface area contributed by atoms with Crippen LogP contribution in [0.3, 0.4) is 0 Å². The van der Waals surface area contributed by atoms with Crippen molar-refractivity contribution < 1.29 is 9.53 Å². The van der Waals surface area contributed by atoms with Gasteiger partial charge in [0.1, 0.15) is 5.75 Å². The Morgan fingerprint density at radius 1 is 1.35 bits per heavy atom. The molecule has 0 saturated carbocycles. The number of nitrogens with zero attached hydrogens (tertiary/aromatic N) is 3. The van der Waals surface area contributed by atoms with E-state index in [2.05, 4.69) is 20.2 Å². The molecule has 26 heavy (non-hydrogen) atoms. The Balaban J connectivity index is 1.61. The number of ether oxygens (including phenoxy) is 1. The summed E-state index contributed by atoms with van der Waals surface area (Å²) < 4.78 is 5.55. The number of aromatic nitrogens is 2. The number of carbonyl (C=O) groups excluding carboxylic acids is 1. The van der Waals surface area contributed by atoms with Gasteiger partial charge in [-0.1, -0.05) is 12.1 Å². The predicted octanol–water partition coefficient (Wildman–Crippen LogP) is 2.97. The average Bonchev–Trinajstić information content (AvgIpc) is 2.69. The Hall–Kier alpha value is -2.63. The van der Waals surface area contributed by atoms with E-state index in [0.717, 1.165) is 30.7 Å². The van der Waals surface area contributed by atoms with Gasteiger partial charge in [-0.05, 0) is 50.5 Å². The molecule has 1 aromatic carbocycles. The van der Waals surface area contributed by atoms with Gasteiger partial charge in [0.05, 0.1) is 18.6 Å². The van der Waals surface area contributed by atoms with Crippen molar-refractivity contribution >= 4 is 11.9 Å². The quantitative estimate of drug-likeness (QED) is 0.864. The van der Waals surface area contributed by atoms with E-state index in [-0.39, 0.29) is 17.9 Å². The Labute approximate surface area is 154 Å². The molecule has 0 bridgehead atoms. The third-order valence-electron chi connectivity index (χ3n) is 4.66. The van der Waals surface area contributed by atoms with Crippen molar-refractivity contribution in [2.24, 2.45) is 5.92 Å². The van der Waals surface area contributed by atoms with Gasteiger partial charge >= 0.3 is 0 Å². The molecule has 1 aromatic heterocycles. The maximum Gasteiger partial charge on any atom is 0.225 e. The minimum Gasteiger partial charge on any atom is -0.494 e. The Kier molecular flexibility index (Phi) is 6.04. The van der Waals surface area contributed by atoms with Gasteiger partial charge in [0.2, 0.25) is 11.9 Å². The standard InChI is InChI=1S/C20H26N4O2/c1-3-26-18-9-4-7-16(13-18)15(2)23-19(25)17-8-5-12-24(14-17)20-21-10-6-11-22-20/h4,6-7,9-11,13,15,17H,3,5,8,12,14H2,1-2H3,(H,23,25)/t15-,17+/m1/s1. The van der Waals surface area contributed by atoms with Gasteiger partial charge in [-0.25, -0.2) is 9.97 Å². The van der Waals surface area contributed by atoms with Gasteiger partial charge in [-0.2, -0.15) is 0 Å². The second-order valence-corrected chi connectivity index (χ2v) is 6.57. The van der Waals surface area contributed by atoms with Gasteiger partial charge in [0.15, 0.2) is 0 Å². The highest BCUT2D eigenvalue weighted by molar-refractivity contribution is 5.80. The van der Waals surface area contributed by atoms with E-state index in [4.69, 9.17) is 4.74 Å². The summed E-state index contributed by atoms with van der Waals surface area (Å²) in [5.41, 5.74) is 1.04. The molecule has 3 rings (SSSR count). The predicted molar refractivity (Wildman–Crippen MR) is 101 cm³/mol. The Bertz CT molecular complexity index is 723. The van der Waals surface area contributed by atoms with Gasteiger partial charge in [-0.3, -0.25) is 4.79 Å². The first kappa shape index (κ1) is 18.2. The van der Waals surface area contributed by atoms with E-state index < -0.39 is 0 Å². The van der Waals surface area contributed by atoms with E-state index >= 15 is 0 Å². The summed E-state index contributed by atoms with van der Waals surface area (Å²) in [4.78, 5) is 23.5. The van der Waals surface area contributed by atoms with E-state index in [1.54, 1.807) is 18.5 Å². The molecule has 0 spiro atoms. The van der Waals surface area contributed by atoms with Crippen molar-refractivity contribution in [2.45, 2.75) is 32.7 Å². The number of benzene rings is 1. The molecule has 1 aliphatic heterocycles. The Morgan fingerprint density at radius 3 is 2.92 bits per heavy atom. The molecule has 0 unspecified atom stereocenters. The highest BCUT2D eigenvalue weighted by Crippen LogP contribution is 2.23. The molecule has 1 N–H and O–H groups in total. The van der Waals surface area contributed by atoms with Crippen LogP contribution < -0.4 is 15.0 Å². The molecule has 6 nitrogen and oxygen atoms in total. The molecular weight excluding hydrogens is 328 g/mol. The van der Waals surface area contributed by atoms with Gasteiger partial charge < -0.3 is 15.0 Å². The molecule has 0 aliphatic carbocycles. The summed E-state index contributed by atoms with van der Waals surface area (Å²) in [6, 6.07) is 9.62. The summed E-state index contributed by atoms with van der Waals surface area (Å²) in [5.74, 6) is 1.56. The summed E-state index contributed by atoms with van der Waals surface area (Å²) in [6.45, 7) is 6.14. The van der Waals surface area contributed by atoms with Gasteiger partial charge in [0, 0.05) is 25.5 Å². The van der Waals surface area contributed by atoms with E-state index in [1.807, 2.05) is 38.1 Å². The topological polar surface area (TPSA) is 67.3 Å². The number of piperidine rings is 1. The first-order valence-electron chi connectivity index (χ1n) is 9.22. The second-order valence-electron chi connectivity index (χ2n) is 6.57.